The van der Waals surface area contributed by atoms with E-state index in [1.165, 1.54) is 75.6 Å². The molecule has 14 rings (SSSR count). The second kappa shape index (κ2) is 18.6. The van der Waals surface area contributed by atoms with Crippen LogP contribution < -0.4 is 25.5 Å². The van der Waals surface area contributed by atoms with Crippen molar-refractivity contribution in [1.82, 2.24) is 0 Å². The van der Waals surface area contributed by atoms with Gasteiger partial charge in [-0.05, 0) is 151 Å². The molecule has 2 aliphatic heterocycles. The van der Waals surface area contributed by atoms with E-state index >= 15 is 0 Å². The molecule has 0 unspecified atom stereocenters. The summed E-state index contributed by atoms with van der Waals surface area (Å²) in [5, 5.41) is 4.75. The van der Waals surface area contributed by atoms with Gasteiger partial charge in [0, 0.05) is 76.2 Å². The van der Waals surface area contributed by atoms with Crippen LogP contribution in [-0.4, -0.2) is 6.85 Å². The van der Waals surface area contributed by atoms with Crippen molar-refractivity contribution in [2.24, 2.45) is 0 Å². The Morgan fingerprint density at radius 2 is 0.951 bits per heavy atom. The maximum Gasteiger partial charge on any atom is 0.334 e. The molecule has 12 aromatic rings. The van der Waals surface area contributed by atoms with Gasteiger partial charge in [-0.25, -0.2) is 0 Å². The molecule has 0 saturated carbocycles. The van der Waals surface area contributed by atoms with Crippen molar-refractivity contribution in [3.05, 3.63) is 229 Å². The van der Waals surface area contributed by atoms with Gasteiger partial charge in [0.05, 0.1) is 11.4 Å². The Kier molecular flexibility index (Phi) is 11.8. The van der Waals surface area contributed by atoms with Gasteiger partial charge < -0.3 is 19.0 Å². The Hall–Kier alpha value is -8.32. The van der Waals surface area contributed by atoms with Gasteiger partial charge in [-0.1, -0.05) is 204 Å². The highest BCUT2D eigenvalue weighted by Crippen LogP contribution is 2.55. The molecule has 6 heteroatoms. The lowest BCUT2D eigenvalue weighted by Gasteiger charge is -2.46. The summed E-state index contributed by atoms with van der Waals surface area (Å²) in [5.41, 5.74) is 23.0. The maximum absolute atomic E-state index is 7.37. The second-order valence-corrected chi connectivity index (χ2v) is 28.1. The number of benzene rings is 10. The van der Waals surface area contributed by atoms with E-state index in [-0.39, 0.29) is 28.5 Å². The first-order valence-electron chi connectivity index (χ1n) is 29.2. The predicted molar refractivity (Wildman–Crippen MR) is 355 cm³/mol. The molecule has 2 aliphatic rings. The zero-order valence-corrected chi connectivity index (χ0v) is 50.2. The van der Waals surface area contributed by atoms with Crippen LogP contribution in [0.25, 0.3) is 64.4 Å². The van der Waals surface area contributed by atoms with Crippen molar-refractivity contribution in [1.29, 1.82) is 0 Å². The highest BCUT2D eigenvalue weighted by molar-refractivity contribution is 7.27. The lowest BCUT2D eigenvalue weighted by molar-refractivity contribution is 0.590. The summed E-state index contributed by atoms with van der Waals surface area (Å²) < 4.78 is 9.94. The van der Waals surface area contributed by atoms with Crippen LogP contribution in [0.4, 0.5) is 45.5 Å². The van der Waals surface area contributed by atoms with Crippen molar-refractivity contribution in [2.45, 2.75) is 105 Å². The Morgan fingerprint density at radius 1 is 0.402 bits per heavy atom. The summed E-state index contributed by atoms with van der Waals surface area (Å²) in [5.74, 6) is 0. The van der Waals surface area contributed by atoms with Crippen LogP contribution in [0.5, 0.6) is 0 Å². The molecule has 0 atom stereocenters. The minimum absolute atomic E-state index is 0.00917. The number of hydrogen-bond donors (Lipinski definition) is 0. The van der Waals surface area contributed by atoms with Gasteiger partial charge in [-0.3, -0.25) is 0 Å². The number of para-hydroxylation sites is 1. The van der Waals surface area contributed by atoms with E-state index in [1.807, 2.05) is 11.3 Å². The molecule has 404 valence electrons. The molecule has 0 bridgehead atoms. The van der Waals surface area contributed by atoms with E-state index in [0.717, 1.165) is 67.4 Å². The van der Waals surface area contributed by atoms with Gasteiger partial charge >= 0.3 is 6.85 Å². The highest BCUT2D eigenvalue weighted by Gasteiger charge is 2.48. The number of hydrogen-bond acceptors (Lipinski definition) is 5. The zero-order chi connectivity index (χ0) is 56.8. The second-order valence-electron chi connectivity index (χ2n) is 27.0. The summed E-state index contributed by atoms with van der Waals surface area (Å²) in [6, 6.07) is 78.3. The quantitative estimate of drug-likeness (QED) is 0.155. The van der Waals surface area contributed by atoms with E-state index in [9.17, 15) is 0 Å². The molecule has 82 heavy (non-hydrogen) atoms. The van der Waals surface area contributed by atoms with Gasteiger partial charge in [0.15, 0.2) is 5.58 Å². The minimum Gasteiger partial charge on any atom is -0.454 e. The molecule has 4 heterocycles. The monoisotopic (exact) mass is 1080 g/mol. The summed E-state index contributed by atoms with van der Waals surface area (Å²) in [6.07, 6.45) is 0. The van der Waals surface area contributed by atoms with Gasteiger partial charge in [0.1, 0.15) is 5.58 Å². The molecule has 0 saturated heterocycles. The van der Waals surface area contributed by atoms with Gasteiger partial charge in [0.2, 0.25) is 0 Å². The fourth-order valence-electron chi connectivity index (χ4n) is 13.0. The number of fused-ring (bicyclic) bond motifs is 12. The number of furan rings is 1. The van der Waals surface area contributed by atoms with Crippen LogP contribution in [0.2, 0.25) is 0 Å². The van der Waals surface area contributed by atoms with Gasteiger partial charge in [-0.2, -0.15) is 0 Å². The molecule has 2 aromatic heterocycles. The normalized spacial score (nSPS) is 13.5. The fourth-order valence-corrected chi connectivity index (χ4v) is 14.2. The van der Waals surface area contributed by atoms with Crippen molar-refractivity contribution >= 4 is 117 Å². The topological polar surface area (TPSA) is 22.9 Å². The Balaban J connectivity index is 1.13. The van der Waals surface area contributed by atoms with Crippen molar-refractivity contribution in [3.63, 3.8) is 0 Å². The Labute approximate surface area is 488 Å². The summed E-state index contributed by atoms with van der Waals surface area (Å²) in [4.78, 5) is 7.75. The number of rotatable bonds is 6. The van der Waals surface area contributed by atoms with Crippen LogP contribution in [0, 0.1) is 0 Å². The molecule has 0 spiro atoms. The first-order valence-corrected chi connectivity index (χ1v) is 30.0. The third kappa shape index (κ3) is 8.38. The van der Waals surface area contributed by atoms with Crippen LogP contribution in [0.15, 0.2) is 211 Å². The van der Waals surface area contributed by atoms with Gasteiger partial charge in [0.25, 0.3) is 0 Å². The molecule has 0 amide bonds. The predicted octanol–water partition coefficient (Wildman–Crippen LogP) is 21.0. The SMILES string of the molecule is CC(C)(C)c1ccc(N2B3c4c(cc5c(oc6ccccc65)c4N(c4ccc(C(C)(C)C)cc4-c4ccccc4)c4ccc5c(sc6ccccc65)c43)-c3ccc(N(c4ccc(C(C)(C)C)cc4)c4ccc(C(C)(C)C)cc4)cc32)cc1. The number of thiophene rings is 1. The Bertz CT molecular complexity index is 4430. The van der Waals surface area contributed by atoms with Crippen molar-refractivity contribution < 1.29 is 4.42 Å². The van der Waals surface area contributed by atoms with E-state index in [0.29, 0.717) is 0 Å². The average molecular weight is 1080 g/mol. The van der Waals surface area contributed by atoms with Gasteiger partial charge in [-0.15, -0.1) is 11.3 Å². The third-order valence-electron chi connectivity index (χ3n) is 17.5. The maximum atomic E-state index is 7.37. The fraction of sp³-hybridized carbons (Fsp3) is 0.211. The molecule has 4 nitrogen and oxygen atoms in total. The number of nitrogens with zero attached hydrogens (tertiary/aromatic N) is 3. The van der Waals surface area contributed by atoms with Crippen molar-refractivity contribution in [2.75, 3.05) is 14.6 Å². The van der Waals surface area contributed by atoms with E-state index < -0.39 is 0 Å². The average Bonchev–Trinajstić information content (AvgIpc) is 2.83. The van der Waals surface area contributed by atoms with Crippen LogP contribution in [0.1, 0.15) is 105 Å². The molecule has 0 N–H and O–H groups in total. The molecule has 0 radical (unpaired) electrons. The first kappa shape index (κ1) is 51.8. The minimum atomic E-state index is -0.284. The van der Waals surface area contributed by atoms with Crippen LogP contribution in [0.3, 0.4) is 0 Å². The number of anilines is 8. The highest BCUT2D eigenvalue weighted by atomic mass is 32.1. The van der Waals surface area contributed by atoms with Crippen LogP contribution >= 0.6 is 11.3 Å². The smallest absolute Gasteiger partial charge is 0.334 e. The lowest BCUT2D eigenvalue weighted by Crippen LogP contribution is -2.61. The summed E-state index contributed by atoms with van der Waals surface area (Å²) in [7, 11) is 0. The van der Waals surface area contributed by atoms with E-state index in [1.54, 1.807) is 0 Å². The molecule has 0 fully saturated rings. The molecule has 0 aliphatic carbocycles. The molecule has 10 aromatic carbocycles. The first-order chi connectivity index (χ1) is 39.2. The van der Waals surface area contributed by atoms with E-state index in [2.05, 4.69) is 304 Å². The zero-order valence-electron chi connectivity index (χ0n) is 49.4. The molecular formula is C76H70BN3OS. The molecular weight excluding hydrogens is 1010 g/mol. The lowest BCUT2D eigenvalue weighted by atomic mass is 9.43. The Morgan fingerprint density at radius 3 is 1.59 bits per heavy atom. The largest absolute Gasteiger partial charge is 0.454 e. The van der Waals surface area contributed by atoms with Crippen molar-refractivity contribution in [3.8, 4) is 22.3 Å². The standard InChI is InChI=1S/C76H70BN3OS/c1-73(2,3)48-26-33-52(34-27-48)78(53-35-28-49(29-36-53)74(4,5)6)55-39-40-56-61-46-62-57-22-16-18-24-66(57)81-71(62)70-68(61)77(80(65(56)45-55)54-37-30-50(31-38-54)75(7,8)9)69-64(43-41-59-58-23-17-19-25-67(58)82-72(59)69)79(70)63-42-32-51(76(10,11)12)44-60(63)47-20-14-13-15-21-47/h13-46H,1-12H3. The summed E-state index contributed by atoms with van der Waals surface area (Å²) in [6.45, 7) is 27.3. The third-order valence-corrected chi connectivity index (χ3v) is 18.7. The van der Waals surface area contributed by atoms with E-state index in [4.69, 9.17) is 4.42 Å². The summed E-state index contributed by atoms with van der Waals surface area (Å²) >= 11 is 1.92. The van der Waals surface area contributed by atoms with Crippen LogP contribution in [-0.2, 0) is 21.7 Å².